The summed E-state index contributed by atoms with van der Waals surface area (Å²) < 4.78 is 6.73. The van der Waals surface area contributed by atoms with E-state index in [4.69, 9.17) is 4.42 Å². The standard InChI is InChI=1S/C18H18N2O3S/c21-16(13-24-12-14-4-2-1-3-5-14)19-8-10-20-9-6-15-7-11-23-17(15)18(20)22/h1-7,9,11H,8,10,12-13H2,(H,19,21). The summed E-state index contributed by atoms with van der Waals surface area (Å²) in [6, 6.07) is 13.6. The van der Waals surface area contributed by atoms with E-state index >= 15 is 0 Å². The molecule has 3 aromatic rings. The largest absolute Gasteiger partial charge is 0.459 e. The smallest absolute Gasteiger partial charge is 0.294 e. The highest BCUT2D eigenvalue weighted by Crippen LogP contribution is 2.11. The number of thioether (sulfide) groups is 1. The number of aromatic nitrogens is 1. The lowest BCUT2D eigenvalue weighted by Gasteiger charge is -2.07. The van der Waals surface area contributed by atoms with Crippen molar-refractivity contribution in [1.82, 2.24) is 9.88 Å². The molecule has 0 aliphatic carbocycles. The Morgan fingerprint density at radius 1 is 1.17 bits per heavy atom. The van der Waals surface area contributed by atoms with E-state index in [0.717, 1.165) is 11.1 Å². The van der Waals surface area contributed by atoms with E-state index in [1.165, 1.54) is 11.8 Å². The molecule has 0 atom stereocenters. The first-order valence-corrected chi connectivity index (χ1v) is 8.84. The van der Waals surface area contributed by atoms with Gasteiger partial charge in [0.05, 0.1) is 12.0 Å². The van der Waals surface area contributed by atoms with Crippen LogP contribution in [-0.2, 0) is 17.1 Å². The van der Waals surface area contributed by atoms with Gasteiger partial charge in [0.1, 0.15) is 0 Å². The zero-order chi connectivity index (χ0) is 16.8. The van der Waals surface area contributed by atoms with Crippen LogP contribution in [0.5, 0.6) is 0 Å². The zero-order valence-electron chi connectivity index (χ0n) is 13.1. The Hall–Kier alpha value is -2.47. The SMILES string of the molecule is O=C(CSCc1ccccc1)NCCn1ccc2ccoc2c1=O. The zero-order valence-corrected chi connectivity index (χ0v) is 13.9. The van der Waals surface area contributed by atoms with Gasteiger partial charge in [-0.1, -0.05) is 30.3 Å². The van der Waals surface area contributed by atoms with Crippen molar-refractivity contribution >= 4 is 28.6 Å². The molecule has 0 unspecified atom stereocenters. The van der Waals surface area contributed by atoms with Crippen LogP contribution in [-0.4, -0.2) is 22.8 Å². The van der Waals surface area contributed by atoms with Crippen LogP contribution >= 0.6 is 11.8 Å². The van der Waals surface area contributed by atoms with E-state index in [0.29, 0.717) is 24.4 Å². The molecule has 5 nitrogen and oxygen atoms in total. The lowest BCUT2D eigenvalue weighted by atomic mass is 10.2. The van der Waals surface area contributed by atoms with Gasteiger partial charge in [0.25, 0.3) is 5.56 Å². The Bertz CT molecular complexity index is 871. The summed E-state index contributed by atoms with van der Waals surface area (Å²) in [6.45, 7) is 0.835. The summed E-state index contributed by atoms with van der Waals surface area (Å²) in [5, 5.41) is 3.63. The van der Waals surface area contributed by atoms with Gasteiger partial charge in [-0.15, -0.1) is 11.8 Å². The van der Waals surface area contributed by atoms with Crippen molar-refractivity contribution in [3.63, 3.8) is 0 Å². The minimum atomic E-state index is -0.176. The van der Waals surface area contributed by atoms with Gasteiger partial charge in [-0.3, -0.25) is 9.59 Å². The van der Waals surface area contributed by atoms with Crippen LogP contribution in [0, 0.1) is 0 Å². The number of hydrogen-bond acceptors (Lipinski definition) is 4. The number of furan rings is 1. The van der Waals surface area contributed by atoms with E-state index in [2.05, 4.69) is 5.32 Å². The maximum absolute atomic E-state index is 12.1. The van der Waals surface area contributed by atoms with Crippen LogP contribution in [0.1, 0.15) is 5.56 Å². The highest BCUT2D eigenvalue weighted by Gasteiger charge is 2.06. The summed E-state index contributed by atoms with van der Waals surface area (Å²) in [7, 11) is 0. The van der Waals surface area contributed by atoms with Gasteiger partial charge in [-0.25, -0.2) is 0 Å². The predicted molar refractivity (Wildman–Crippen MR) is 96.1 cm³/mol. The van der Waals surface area contributed by atoms with Crippen LogP contribution in [0.2, 0.25) is 0 Å². The van der Waals surface area contributed by atoms with Gasteiger partial charge < -0.3 is 14.3 Å². The number of carbonyl (C=O) groups excluding carboxylic acids is 1. The van der Waals surface area contributed by atoms with Gasteiger partial charge in [-0.2, -0.15) is 0 Å². The molecule has 6 heteroatoms. The van der Waals surface area contributed by atoms with Crippen molar-refractivity contribution in [3.05, 3.63) is 70.8 Å². The first kappa shape index (κ1) is 16.4. The number of pyridine rings is 1. The van der Waals surface area contributed by atoms with Crippen molar-refractivity contribution in [2.24, 2.45) is 0 Å². The van der Waals surface area contributed by atoms with Crippen LogP contribution in [0.15, 0.2) is 64.1 Å². The normalized spacial score (nSPS) is 10.8. The lowest BCUT2D eigenvalue weighted by Crippen LogP contribution is -2.31. The molecule has 0 aliphatic rings. The van der Waals surface area contributed by atoms with E-state index < -0.39 is 0 Å². The lowest BCUT2D eigenvalue weighted by molar-refractivity contribution is -0.118. The molecule has 1 aromatic carbocycles. The number of nitrogens with one attached hydrogen (secondary N) is 1. The summed E-state index contributed by atoms with van der Waals surface area (Å²) in [4.78, 5) is 24.0. The monoisotopic (exact) mass is 342 g/mol. The second kappa shape index (κ2) is 7.88. The quantitative estimate of drug-likeness (QED) is 0.717. The molecule has 1 amide bonds. The summed E-state index contributed by atoms with van der Waals surface area (Å²) in [5.74, 6) is 1.19. The molecule has 0 spiro atoms. The third-order valence-electron chi connectivity index (χ3n) is 3.60. The number of hydrogen-bond donors (Lipinski definition) is 1. The van der Waals surface area contributed by atoms with Gasteiger partial charge >= 0.3 is 0 Å². The highest BCUT2D eigenvalue weighted by molar-refractivity contribution is 7.99. The van der Waals surface area contributed by atoms with Gasteiger partial charge in [0.15, 0.2) is 5.58 Å². The molecule has 0 radical (unpaired) electrons. The third-order valence-corrected chi connectivity index (χ3v) is 4.61. The molecule has 1 N–H and O–H groups in total. The molecule has 24 heavy (non-hydrogen) atoms. The summed E-state index contributed by atoms with van der Waals surface area (Å²) in [6.07, 6.45) is 3.22. The Labute approximate surface area is 143 Å². The van der Waals surface area contributed by atoms with Gasteiger partial charge in [0.2, 0.25) is 5.91 Å². The second-order valence-electron chi connectivity index (χ2n) is 5.35. The van der Waals surface area contributed by atoms with Crippen LogP contribution < -0.4 is 10.9 Å². The van der Waals surface area contributed by atoms with Crippen LogP contribution in [0.4, 0.5) is 0 Å². The van der Waals surface area contributed by atoms with Gasteiger partial charge in [0, 0.05) is 30.4 Å². The van der Waals surface area contributed by atoms with Crippen molar-refractivity contribution < 1.29 is 9.21 Å². The predicted octanol–water partition coefficient (Wildman–Crippen LogP) is 2.64. The van der Waals surface area contributed by atoms with Crippen molar-refractivity contribution in [2.75, 3.05) is 12.3 Å². The molecular weight excluding hydrogens is 324 g/mol. The summed E-state index contributed by atoms with van der Waals surface area (Å²) in [5.41, 5.74) is 1.38. The van der Waals surface area contributed by atoms with Crippen LogP contribution in [0.3, 0.4) is 0 Å². The van der Waals surface area contributed by atoms with Crippen LogP contribution in [0.25, 0.3) is 11.0 Å². The molecule has 0 aliphatic heterocycles. The third kappa shape index (κ3) is 4.08. The number of fused-ring (bicyclic) bond motifs is 1. The summed E-state index contributed by atoms with van der Waals surface area (Å²) >= 11 is 1.57. The van der Waals surface area contributed by atoms with E-state index in [9.17, 15) is 9.59 Å². The van der Waals surface area contributed by atoms with Crippen molar-refractivity contribution in [1.29, 1.82) is 0 Å². The fraction of sp³-hybridized carbons (Fsp3) is 0.222. The van der Waals surface area contributed by atoms with Gasteiger partial charge in [-0.05, 0) is 17.7 Å². The highest BCUT2D eigenvalue weighted by atomic mass is 32.2. The minimum absolute atomic E-state index is 0.0249. The topological polar surface area (TPSA) is 64.2 Å². The molecule has 2 heterocycles. The Morgan fingerprint density at radius 2 is 2.00 bits per heavy atom. The molecular formula is C18H18N2O3S. The number of nitrogens with zero attached hydrogens (tertiary/aromatic N) is 1. The Kier molecular flexibility index (Phi) is 5.38. The second-order valence-corrected chi connectivity index (χ2v) is 6.33. The molecule has 0 saturated heterocycles. The number of rotatable bonds is 7. The van der Waals surface area contributed by atoms with Crippen molar-refractivity contribution in [3.8, 4) is 0 Å². The fourth-order valence-electron chi connectivity index (χ4n) is 2.37. The molecule has 3 rings (SSSR count). The first-order valence-electron chi connectivity index (χ1n) is 7.69. The molecule has 124 valence electrons. The Morgan fingerprint density at radius 3 is 2.83 bits per heavy atom. The minimum Gasteiger partial charge on any atom is -0.459 e. The molecule has 0 bridgehead atoms. The van der Waals surface area contributed by atoms with E-state index in [1.54, 1.807) is 28.6 Å². The maximum Gasteiger partial charge on any atom is 0.294 e. The number of amides is 1. The van der Waals surface area contributed by atoms with Crippen molar-refractivity contribution in [2.45, 2.75) is 12.3 Å². The van der Waals surface area contributed by atoms with E-state index in [-0.39, 0.29) is 11.5 Å². The van der Waals surface area contributed by atoms with E-state index in [1.807, 2.05) is 36.4 Å². The Balaban J connectivity index is 1.43. The molecule has 0 saturated carbocycles. The molecule has 2 aromatic heterocycles. The number of benzene rings is 1. The average molecular weight is 342 g/mol. The maximum atomic E-state index is 12.1. The average Bonchev–Trinajstić information content (AvgIpc) is 3.07. The fourth-order valence-corrected chi connectivity index (χ4v) is 3.19. The molecule has 0 fully saturated rings. The number of carbonyl (C=O) groups is 1. The first-order chi connectivity index (χ1) is 11.7.